The van der Waals surface area contributed by atoms with Crippen LogP contribution in [-0.4, -0.2) is 23.0 Å². The van der Waals surface area contributed by atoms with Crippen molar-refractivity contribution in [3.05, 3.63) is 41.2 Å². The zero-order valence-corrected chi connectivity index (χ0v) is 10.1. The molecule has 2 rings (SSSR count). The number of furan rings is 1. The highest BCUT2D eigenvalue weighted by atomic mass is 16.5. The van der Waals surface area contributed by atoms with Crippen molar-refractivity contribution < 1.29 is 13.7 Å². The van der Waals surface area contributed by atoms with Crippen molar-refractivity contribution in [2.45, 2.75) is 20.4 Å². The first kappa shape index (κ1) is 11.4. The molecule has 5 nitrogen and oxygen atoms in total. The SMILES string of the molecule is Cc1cc(CN(C)C(=O)c2ccc(C)o2)no1. The van der Waals surface area contributed by atoms with Gasteiger partial charge in [0, 0.05) is 13.1 Å². The Kier molecular flexibility index (Phi) is 2.99. The standard InChI is InChI=1S/C12H14N2O3/c1-8-4-5-11(16-8)12(15)14(3)7-10-6-9(2)17-13-10/h4-6H,7H2,1-3H3. The molecule has 2 aromatic rings. The molecule has 0 unspecified atom stereocenters. The summed E-state index contributed by atoms with van der Waals surface area (Å²) in [4.78, 5) is 13.5. The molecular formula is C12H14N2O3. The van der Waals surface area contributed by atoms with Gasteiger partial charge in [0.1, 0.15) is 17.2 Å². The van der Waals surface area contributed by atoms with E-state index in [9.17, 15) is 4.79 Å². The summed E-state index contributed by atoms with van der Waals surface area (Å²) in [6, 6.07) is 5.24. The molecule has 0 aliphatic rings. The zero-order chi connectivity index (χ0) is 12.4. The number of hydrogen-bond acceptors (Lipinski definition) is 4. The number of carbonyl (C=O) groups is 1. The normalized spacial score (nSPS) is 10.5. The van der Waals surface area contributed by atoms with Crippen LogP contribution in [-0.2, 0) is 6.54 Å². The minimum Gasteiger partial charge on any atom is -0.456 e. The number of aryl methyl sites for hydroxylation is 2. The second-order valence-electron chi connectivity index (χ2n) is 4.00. The van der Waals surface area contributed by atoms with Crippen molar-refractivity contribution in [2.24, 2.45) is 0 Å². The van der Waals surface area contributed by atoms with Crippen LogP contribution in [0.15, 0.2) is 27.1 Å². The number of aromatic nitrogens is 1. The van der Waals surface area contributed by atoms with E-state index in [1.165, 1.54) is 4.90 Å². The molecule has 0 atom stereocenters. The van der Waals surface area contributed by atoms with Gasteiger partial charge in [0.2, 0.25) is 0 Å². The Morgan fingerprint density at radius 1 is 1.35 bits per heavy atom. The maximum absolute atomic E-state index is 11.9. The molecule has 0 fully saturated rings. The van der Waals surface area contributed by atoms with Crippen LogP contribution in [0.4, 0.5) is 0 Å². The molecule has 0 spiro atoms. The number of amides is 1. The minimum atomic E-state index is -0.168. The van der Waals surface area contributed by atoms with Gasteiger partial charge in [-0.15, -0.1) is 0 Å². The fourth-order valence-electron chi connectivity index (χ4n) is 1.54. The van der Waals surface area contributed by atoms with Crippen LogP contribution in [0.25, 0.3) is 0 Å². The summed E-state index contributed by atoms with van der Waals surface area (Å²) in [7, 11) is 1.70. The van der Waals surface area contributed by atoms with Crippen molar-refractivity contribution in [3.8, 4) is 0 Å². The van der Waals surface area contributed by atoms with Gasteiger partial charge in [-0.2, -0.15) is 0 Å². The number of carbonyl (C=O) groups excluding carboxylic acids is 1. The highest BCUT2D eigenvalue weighted by Gasteiger charge is 2.16. The van der Waals surface area contributed by atoms with Crippen LogP contribution in [0.3, 0.4) is 0 Å². The average molecular weight is 234 g/mol. The summed E-state index contributed by atoms with van der Waals surface area (Å²) in [6.07, 6.45) is 0. The van der Waals surface area contributed by atoms with Gasteiger partial charge in [0.25, 0.3) is 5.91 Å². The lowest BCUT2D eigenvalue weighted by molar-refractivity contribution is 0.0749. The third-order valence-electron chi connectivity index (χ3n) is 2.37. The molecule has 1 amide bonds. The van der Waals surface area contributed by atoms with Crippen molar-refractivity contribution >= 4 is 5.91 Å². The zero-order valence-electron chi connectivity index (χ0n) is 10.1. The molecule has 2 heterocycles. The molecule has 0 aliphatic carbocycles. The maximum atomic E-state index is 11.9. The lowest BCUT2D eigenvalue weighted by atomic mass is 10.3. The Labute approximate surface area is 99.0 Å². The molecular weight excluding hydrogens is 220 g/mol. The third kappa shape index (κ3) is 2.55. The van der Waals surface area contributed by atoms with E-state index in [-0.39, 0.29) is 5.91 Å². The summed E-state index contributed by atoms with van der Waals surface area (Å²) in [5, 5.41) is 3.84. The van der Waals surface area contributed by atoms with Gasteiger partial charge in [-0.1, -0.05) is 5.16 Å². The van der Waals surface area contributed by atoms with Crippen LogP contribution in [0, 0.1) is 13.8 Å². The fraction of sp³-hybridized carbons (Fsp3) is 0.333. The van der Waals surface area contributed by atoms with Gasteiger partial charge >= 0.3 is 0 Å². The fourth-order valence-corrected chi connectivity index (χ4v) is 1.54. The van der Waals surface area contributed by atoms with Crippen LogP contribution in [0.2, 0.25) is 0 Å². The highest BCUT2D eigenvalue weighted by molar-refractivity contribution is 5.91. The summed E-state index contributed by atoms with van der Waals surface area (Å²) in [6.45, 7) is 4.02. The predicted octanol–water partition coefficient (Wildman–Crippen LogP) is 2.16. The van der Waals surface area contributed by atoms with Gasteiger partial charge in [0.05, 0.1) is 6.54 Å². The van der Waals surface area contributed by atoms with Crippen molar-refractivity contribution in [1.29, 1.82) is 0 Å². The minimum absolute atomic E-state index is 0.168. The first-order valence-electron chi connectivity index (χ1n) is 5.30. The van der Waals surface area contributed by atoms with Crippen molar-refractivity contribution in [1.82, 2.24) is 10.1 Å². The van der Waals surface area contributed by atoms with E-state index in [4.69, 9.17) is 8.94 Å². The largest absolute Gasteiger partial charge is 0.456 e. The molecule has 90 valence electrons. The van der Waals surface area contributed by atoms with E-state index in [0.29, 0.717) is 12.3 Å². The van der Waals surface area contributed by atoms with Crippen LogP contribution in [0.5, 0.6) is 0 Å². The molecule has 0 saturated carbocycles. The van der Waals surface area contributed by atoms with E-state index in [1.54, 1.807) is 32.2 Å². The van der Waals surface area contributed by atoms with E-state index in [2.05, 4.69) is 5.16 Å². The topological polar surface area (TPSA) is 59.5 Å². The summed E-state index contributed by atoms with van der Waals surface area (Å²) >= 11 is 0. The van der Waals surface area contributed by atoms with E-state index in [1.807, 2.05) is 6.92 Å². The lowest BCUT2D eigenvalue weighted by Crippen LogP contribution is -2.25. The third-order valence-corrected chi connectivity index (χ3v) is 2.37. The monoisotopic (exact) mass is 234 g/mol. The second-order valence-corrected chi connectivity index (χ2v) is 4.00. The first-order valence-corrected chi connectivity index (χ1v) is 5.30. The Morgan fingerprint density at radius 2 is 2.12 bits per heavy atom. The van der Waals surface area contributed by atoms with Crippen molar-refractivity contribution in [2.75, 3.05) is 7.05 Å². The maximum Gasteiger partial charge on any atom is 0.289 e. The molecule has 0 saturated heterocycles. The quantitative estimate of drug-likeness (QED) is 0.816. The molecule has 0 aliphatic heterocycles. The van der Waals surface area contributed by atoms with Gasteiger partial charge in [-0.05, 0) is 26.0 Å². The molecule has 0 radical (unpaired) electrons. The molecule has 0 bridgehead atoms. The molecule has 0 aromatic carbocycles. The highest BCUT2D eigenvalue weighted by Crippen LogP contribution is 2.11. The van der Waals surface area contributed by atoms with Crippen LogP contribution < -0.4 is 0 Å². The van der Waals surface area contributed by atoms with E-state index in [0.717, 1.165) is 17.2 Å². The molecule has 2 aromatic heterocycles. The lowest BCUT2D eigenvalue weighted by Gasteiger charge is -2.13. The summed E-state index contributed by atoms with van der Waals surface area (Å²) in [5.41, 5.74) is 0.724. The van der Waals surface area contributed by atoms with Gasteiger partial charge < -0.3 is 13.8 Å². The number of nitrogens with zero attached hydrogens (tertiary/aromatic N) is 2. The van der Waals surface area contributed by atoms with Gasteiger partial charge in [-0.25, -0.2) is 0 Å². The van der Waals surface area contributed by atoms with Crippen molar-refractivity contribution in [3.63, 3.8) is 0 Å². The molecule has 17 heavy (non-hydrogen) atoms. The summed E-state index contributed by atoms with van der Waals surface area (Å²) < 4.78 is 10.2. The van der Waals surface area contributed by atoms with E-state index >= 15 is 0 Å². The van der Waals surface area contributed by atoms with Crippen LogP contribution >= 0.6 is 0 Å². The smallest absolute Gasteiger partial charge is 0.289 e. The van der Waals surface area contributed by atoms with Gasteiger partial charge in [0.15, 0.2) is 5.76 Å². The van der Waals surface area contributed by atoms with Gasteiger partial charge in [-0.3, -0.25) is 4.79 Å². The Bertz CT molecular complexity index is 527. The summed E-state index contributed by atoms with van der Waals surface area (Å²) in [5.74, 6) is 1.62. The first-order chi connectivity index (χ1) is 8.06. The second kappa shape index (κ2) is 4.45. The Hall–Kier alpha value is -2.04. The number of hydrogen-bond donors (Lipinski definition) is 0. The number of rotatable bonds is 3. The molecule has 0 N–H and O–H groups in total. The Balaban J connectivity index is 2.05. The van der Waals surface area contributed by atoms with E-state index < -0.39 is 0 Å². The Morgan fingerprint density at radius 3 is 2.65 bits per heavy atom. The average Bonchev–Trinajstić information content (AvgIpc) is 2.87. The molecule has 5 heteroatoms. The predicted molar refractivity (Wildman–Crippen MR) is 60.5 cm³/mol. The van der Waals surface area contributed by atoms with Crippen LogP contribution in [0.1, 0.15) is 27.8 Å².